The molecule has 0 heterocycles. The highest BCUT2D eigenvalue weighted by atomic mass is 19.1. The highest BCUT2D eigenvalue weighted by Crippen LogP contribution is 2.19. The van der Waals surface area contributed by atoms with Gasteiger partial charge in [0.25, 0.3) is 0 Å². The Hall–Kier alpha value is -1.13. The number of halogens is 1. The Kier molecular flexibility index (Phi) is 4.90. The topological polar surface area (TPSA) is 55.5 Å². The molecule has 0 bridgehead atoms. The van der Waals surface area contributed by atoms with Gasteiger partial charge in [0.1, 0.15) is 11.6 Å². The largest absolute Gasteiger partial charge is 0.493 e. The van der Waals surface area contributed by atoms with E-state index in [2.05, 4.69) is 0 Å². The molecule has 3 N–H and O–H groups in total. The quantitative estimate of drug-likeness (QED) is 0.749. The number of ether oxygens (including phenoxy) is 1. The van der Waals surface area contributed by atoms with Gasteiger partial charge in [-0.2, -0.15) is 0 Å². The van der Waals surface area contributed by atoms with Crippen molar-refractivity contribution in [3.8, 4) is 5.75 Å². The van der Waals surface area contributed by atoms with Crippen LogP contribution in [0, 0.1) is 12.7 Å². The third-order valence-electron chi connectivity index (χ3n) is 2.65. The molecule has 96 valence electrons. The average molecular weight is 241 g/mol. The minimum atomic E-state index is -0.554. The van der Waals surface area contributed by atoms with Crippen molar-refractivity contribution >= 4 is 0 Å². The van der Waals surface area contributed by atoms with E-state index in [1.54, 1.807) is 19.9 Å². The van der Waals surface area contributed by atoms with Gasteiger partial charge in [0.2, 0.25) is 0 Å². The van der Waals surface area contributed by atoms with Crippen molar-refractivity contribution < 1.29 is 14.2 Å². The van der Waals surface area contributed by atoms with Crippen LogP contribution >= 0.6 is 0 Å². The molecule has 17 heavy (non-hydrogen) atoms. The fraction of sp³-hybridized carbons (Fsp3) is 0.538. The Morgan fingerprint density at radius 2 is 2.18 bits per heavy atom. The van der Waals surface area contributed by atoms with Crippen molar-refractivity contribution in [1.29, 1.82) is 0 Å². The predicted octanol–water partition coefficient (Wildman–Crippen LogP) is 2.00. The van der Waals surface area contributed by atoms with Gasteiger partial charge in [0.05, 0.1) is 13.2 Å². The zero-order valence-electron chi connectivity index (χ0n) is 10.4. The molecule has 1 unspecified atom stereocenters. The molecule has 0 fully saturated rings. The SMILES string of the molecule is Cc1cc(F)ccc1OCCCC(C)(N)CO. The molecular formula is C13H20FNO2. The van der Waals surface area contributed by atoms with Gasteiger partial charge in [0.15, 0.2) is 0 Å². The van der Waals surface area contributed by atoms with Crippen LogP contribution in [0.4, 0.5) is 4.39 Å². The van der Waals surface area contributed by atoms with Gasteiger partial charge in [-0.1, -0.05) is 0 Å². The number of nitrogens with two attached hydrogens (primary N) is 1. The second-order valence-corrected chi connectivity index (χ2v) is 4.67. The van der Waals surface area contributed by atoms with E-state index in [0.29, 0.717) is 18.8 Å². The van der Waals surface area contributed by atoms with Crippen molar-refractivity contribution in [2.45, 2.75) is 32.2 Å². The van der Waals surface area contributed by atoms with E-state index in [1.807, 2.05) is 0 Å². The van der Waals surface area contributed by atoms with Crippen LogP contribution in [0.5, 0.6) is 5.75 Å². The van der Waals surface area contributed by atoms with Gasteiger partial charge in [-0.05, 0) is 50.5 Å². The van der Waals surface area contributed by atoms with Gasteiger partial charge < -0.3 is 15.6 Å². The lowest BCUT2D eigenvalue weighted by Gasteiger charge is -2.21. The van der Waals surface area contributed by atoms with E-state index in [-0.39, 0.29) is 12.4 Å². The maximum atomic E-state index is 12.8. The van der Waals surface area contributed by atoms with Gasteiger partial charge in [-0.15, -0.1) is 0 Å². The number of rotatable bonds is 6. The van der Waals surface area contributed by atoms with Crippen LogP contribution < -0.4 is 10.5 Å². The summed E-state index contributed by atoms with van der Waals surface area (Å²) in [5, 5.41) is 8.98. The van der Waals surface area contributed by atoms with Gasteiger partial charge in [0, 0.05) is 5.54 Å². The summed E-state index contributed by atoms with van der Waals surface area (Å²) >= 11 is 0. The van der Waals surface area contributed by atoms with Crippen molar-refractivity contribution in [3.05, 3.63) is 29.6 Å². The molecule has 0 aliphatic heterocycles. The van der Waals surface area contributed by atoms with Crippen LogP contribution in [0.2, 0.25) is 0 Å². The smallest absolute Gasteiger partial charge is 0.123 e. The molecule has 1 aromatic rings. The summed E-state index contributed by atoms with van der Waals surface area (Å²) in [6.07, 6.45) is 1.44. The van der Waals surface area contributed by atoms with E-state index in [9.17, 15) is 4.39 Å². The van der Waals surface area contributed by atoms with E-state index < -0.39 is 5.54 Å². The first-order chi connectivity index (χ1) is 7.94. The summed E-state index contributed by atoms with van der Waals surface area (Å²) in [4.78, 5) is 0. The minimum Gasteiger partial charge on any atom is -0.493 e. The number of aliphatic hydroxyl groups is 1. The minimum absolute atomic E-state index is 0.0391. The molecule has 0 spiro atoms. The number of aryl methyl sites for hydroxylation is 1. The van der Waals surface area contributed by atoms with Crippen LogP contribution in [0.15, 0.2) is 18.2 Å². The summed E-state index contributed by atoms with van der Waals surface area (Å²) in [5.41, 5.74) is 6.02. The summed E-state index contributed by atoms with van der Waals surface area (Å²) in [5.74, 6) is 0.429. The number of hydrogen-bond donors (Lipinski definition) is 2. The van der Waals surface area contributed by atoms with Gasteiger partial charge >= 0.3 is 0 Å². The standard InChI is InChI=1S/C13H20FNO2/c1-10-8-11(14)4-5-12(10)17-7-3-6-13(2,15)9-16/h4-5,8,16H,3,6-7,9,15H2,1-2H3. The fourth-order valence-electron chi connectivity index (χ4n) is 1.51. The lowest BCUT2D eigenvalue weighted by molar-refractivity contribution is 0.188. The summed E-state index contributed by atoms with van der Waals surface area (Å²) in [6.45, 7) is 4.08. The fourth-order valence-corrected chi connectivity index (χ4v) is 1.51. The first-order valence-electron chi connectivity index (χ1n) is 5.73. The molecular weight excluding hydrogens is 221 g/mol. The van der Waals surface area contributed by atoms with Gasteiger partial charge in [-0.25, -0.2) is 4.39 Å². The molecule has 4 heteroatoms. The molecule has 0 amide bonds. The summed E-state index contributed by atoms with van der Waals surface area (Å²) in [7, 11) is 0. The molecule has 0 aliphatic carbocycles. The average Bonchev–Trinajstić information content (AvgIpc) is 2.27. The molecule has 1 aromatic carbocycles. The van der Waals surface area contributed by atoms with Crippen molar-refractivity contribution in [1.82, 2.24) is 0 Å². The third kappa shape index (κ3) is 4.71. The number of hydrogen-bond acceptors (Lipinski definition) is 3. The zero-order chi connectivity index (χ0) is 12.9. The van der Waals surface area contributed by atoms with Crippen molar-refractivity contribution in [3.63, 3.8) is 0 Å². The summed E-state index contributed by atoms with van der Waals surface area (Å²) < 4.78 is 18.4. The molecule has 0 aromatic heterocycles. The molecule has 1 atom stereocenters. The zero-order valence-corrected chi connectivity index (χ0v) is 10.4. The second-order valence-electron chi connectivity index (χ2n) is 4.67. The monoisotopic (exact) mass is 241 g/mol. The Labute approximate surface area is 101 Å². The first kappa shape index (κ1) is 13.9. The lowest BCUT2D eigenvalue weighted by Crippen LogP contribution is -2.40. The molecule has 1 rings (SSSR count). The Morgan fingerprint density at radius 1 is 1.47 bits per heavy atom. The number of aliphatic hydroxyl groups excluding tert-OH is 1. The van der Waals surface area contributed by atoms with Gasteiger partial charge in [-0.3, -0.25) is 0 Å². The maximum absolute atomic E-state index is 12.8. The Balaban J connectivity index is 2.36. The van der Waals surface area contributed by atoms with Crippen LogP contribution in [0.1, 0.15) is 25.3 Å². The van der Waals surface area contributed by atoms with Crippen LogP contribution in [-0.2, 0) is 0 Å². The maximum Gasteiger partial charge on any atom is 0.123 e. The lowest BCUT2D eigenvalue weighted by atomic mass is 9.99. The van der Waals surface area contributed by atoms with E-state index >= 15 is 0 Å². The predicted molar refractivity (Wildman–Crippen MR) is 65.5 cm³/mol. The molecule has 0 saturated carbocycles. The van der Waals surface area contributed by atoms with E-state index in [4.69, 9.17) is 15.6 Å². The first-order valence-corrected chi connectivity index (χ1v) is 5.73. The van der Waals surface area contributed by atoms with Crippen molar-refractivity contribution in [2.24, 2.45) is 5.73 Å². The summed E-state index contributed by atoms with van der Waals surface area (Å²) in [6, 6.07) is 4.44. The normalized spacial score (nSPS) is 14.4. The highest BCUT2D eigenvalue weighted by molar-refractivity contribution is 5.32. The molecule has 0 radical (unpaired) electrons. The molecule has 0 saturated heterocycles. The third-order valence-corrected chi connectivity index (χ3v) is 2.65. The van der Waals surface area contributed by atoms with Crippen LogP contribution in [0.25, 0.3) is 0 Å². The van der Waals surface area contributed by atoms with Crippen LogP contribution in [0.3, 0.4) is 0 Å². The second kappa shape index (κ2) is 5.98. The van der Waals surface area contributed by atoms with Crippen LogP contribution in [-0.4, -0.2) is 23.9 Å². The molecule has 0 aliphatic rings. The molecule has 3 nitrogen and oxygen atoms in total. The van der Waals surface area contributed by atoms with Crippen molar-refractivity contribution in [2.75, 3.05) is 13.2 Å². The van der Waals surface area contributed by atoms with E-state index in [0.717, 1.165) is 12.0 Å². The Morgan fingerprint density at radius 3 is 2.76 bits per heavy atom. The van der Waals surface area contributed by atoms with E-state index in [1.165, 1.54) is 12.1 Å². The highest BCUT2D eigenvalue weighted by Gasteiger charge is 2.16. The Bertz CT molecular complexity index is 366. The number of benzene rings is 1.